The Bertz CT molecular complexity index is 968. The van der Waals surface area contributed by atoms with Crippen LogP contribution in [0.5, 0.6) is 0 Å². The molecule has 0 spiro atoms. The maximum atomic E-state index is 13.6. The molecule has 7 heteroatoms. The number of nitrogens with one attached hydrogen (secondary N) is 1. The molecule has 0 bridgehead atoms. The lowest BCUT2D eigenvalue weighted by atomic mass is 10.0. The number of hydrogen-bond acceptors (Lipinski definition) is 5. The summed E-state index contributed by atoms with van der Waals surface area (Å²) >= 11 is 0. The van der Waals surface area contributed by atoms with Crippen LogP contribution in [-0.4, -0.2) is 21.0 Å². The molecule has 3 aromatic rings. The zero-order valence-corrected chi connectivity index (χ0v) is 14.9. The van der Waals surface area contributed by atoms with Crippen LogP contribution in [0.1, 0.15) is 47.5 Å². The first-order valence-electron chi connectivity index (χ1n) is 8.92. The van der Waals surface area contributed by atoms with Crippen molar-refractivity contribution in [2.45, 2.75) is 32.2 Å². The van der Waals surface area contributed by atoms with Crippen molar-refractivity contribution in [3.05, 3.63) is 65.8 Å². The summed E-state index contributed by atoms with van der Waals surface area (Å²) in [5.74, 6) is 0.773. The van der Waals surface area contributed by atoms with Crippen LogP contribution in [0.2, 0.25) is 0 Å². The number of rotatable bonds is 6. The first-order valence-corrected chi connectivity index (χ1v) is 8.92. The highest BCUT2D eigenvalue weighted by atomic mass is 19.1. The van der Waals surface area contributed by atoms with Gasteiger partial charge in [0.1, 0.15) is 11.5 Å². The highest BCUT2D eigenvalue weighted by Crippen LogP contribution is 2.37. The number of aryl methyl sites for hydroxylation is 1. The Morgan fingerprint density at radius 3 is 2.89 bits per heavy atom. The fourth-order valence-electron chi connectivity index (χ4n) is 3.07. The normalized spacial score (nSPS) is 14.7. The highest BCUT2D eigenvalue weighted by molar-refractivity contribution is 5.99. The Balaban J connectivity index is 1.62. The van der Waals surface area contributed by atoms with Gasteiger partial charge in [-0.3, -0.25) is 9.78 Å². The second-order valence-corrected chi connectivity index (χ2v) is 6.79. The molecule has 0 saturated heterocycles. The van der Waals surface area contributed by atoms with Crippen LogP contribution in [-0.2, 0) is 0 Å². The van der Waals surface area contributed by atoms with Gasteiger partial charge in [-0.25, -0.2) is 4.39 Å². The molecule has 1 amide bonds. The Kier molecular flexibility index (Phi) is 4.66. The molecule has 27 heavy (non-hydrogen) atoms. The Morgan fingerprint density at radius 1 is 1.33 bits per heavy atom. The third kappa shape index (κ3) is 4.02. The fraction of sp³-hybridized carbons (Fsp3) is 0.300. The number of hydrogen-bond donors (Lipinski definition) is 1. The summed E-state index contributed by atoms with van der Waals surface area (Å²) < 4.78 is 18.7. The molecule has 1 aromatic carbocycles. The minimum absolute atomic E-state index is 0.240. The number of amides is 1. The molecule has 0 unspecified atom stereocenters. The van der Waals surface area contributed by atoms with Crippen molar-refractivity contribution >= 4 is 5.91 Å². The smallest absolute Gasteiger partial charge is 0.271 e. The van der Waals surface area contributed by atoms with Crippen LogP contribution in [0.3, 0.4) is 0 Å². The SMILES string of the molecule is Cc1nc([C@H](CC2CC2)NC(=O)c2ncccc2-c2cccc(F)c2)no1. The molecule has 1 aliphatic carbocycles. The molecule has 2 heterocycles. The van der Waals surface area contributed by atoms with Gasteiger partial charge >= 0.3 is 0 Å². The Morgan fingerprint density at radius 2 is 2.19 bits per heavy atom. The van der Waals surface area contributed by atoms with Gasteiger partial charge in [-0.1, -0.05) is 36.2 Å². The number of halogens is 1. The second kappa shape index (κ2) is 7.26. The number of carbonyl (C=O) groups excluding carboxylic acids is 1. The molecular weight excluding hydrogens is 347 g/mol. The van der Waals surface area contributed by atoms with Crippen molar-refractivity contribution in [3.8, 4) is 11.1 Å². The van der Waals surface area contributed by atoms with E-state index in [1.54, 1.807) is 37.4 Å². The van der Waals surface area contributed by atoms with E-state index in [-0.39, 0.29) is 23.5 Å². The molecule has 1 saturated carbocycles. The monoisotopic (exact) mass is 366 g/mol. The van der Waals surface area contributed by atoms with E-state index in [1.165, 1.54) is 12.1 Å². The first kappa shape index (κ1) is 17.3. The molecule has 0 radical (unpaired) electrons. The zero-order valence-electron chi connectivity index (χ0n) is 14.9. The van der Waals surface area contributed by atoms with Gasteiger partial charge in [0.05, 0.1) is 6.04 Å². The van der Waals surface area contributed by atoms with Crippen LogP contribution >= 0.6 is 0 Å². The van der Waals surface area contributed by atoms with Gasteiger partial charge in [0, 0.05) is 18.7 Å². The van der Waals surface area contributed by atoms with Gasteiger partial charge in [0.25, 0.3) is 5.91 Å². The third-order valence-corrected chi connectivity index (χ3v) is 4.58. The molecule has 0 aliphatic heterocycles. The second-order valence-electron chi connectivity index (χ2n) is 6.79. The first-order chi connectivity index (χ1) is 13.1. The van der Waals surface area contributed by atoms with E-state index in [2.05, 4.69) is 20.4 Å². The Hall–Kier alpha value is -3.09. The zero-order chi connectivity index (χ0) is 18.8. The van der Waals surface area contributed by atoms with E-state index in [0.717, 1.165) is 19.3 Å². The lowest BCUT2D eigenvalue weighted by Crippen LogP contribution is -2.30. The van der Waals surface area contributed by atoms with E-state index in [4.69, 9.17) is 4.52 Å². The predicted molar refractivity (Wildman–Crippen MR) is 96.2 cm³/mol. The summed E-state index contributed by atoms with van der Waals surface area (Å²) in [4.78, 5) is 21.5. The number of benzene rings is 1. The van der Waals surface area contributed by atoms with Crippen molar-refractivity contribution in [1.82, 2.24) is 20.4 Å². The lowest BCUT2D eigenvalue weighted by Gasteiger charge is -2.16. The number of pyridine rings is 1. The predicted octanol–water partition coefficient (Wildman–Crippen LogP) is 3.85. The summed E-state index contributed by atoms with van der Waals surface area (Å²) in [5, 5.41) is 6.94. The lowest BCUT2D eigenvalue weighted by molar-refractivity contribution is 0.0926. The molecule has 1 atom stereocenters. The molecule has 1 N–H and O–H groups in total. The maximum Gasteiger partial charge on any atom is 0.271 e. The van der Waals surface area contributed by atoms with E-state index in [0.29, 0.717) is 28.8 Å². The number of carbonyl (C=O) groups is 1. The molecule has 4 rings (SSSR count). The topological polar surface area (TPSA) is 80.9 Å². The summed E-state index contributed by atoms with van der Waals surface area (Å²) in [5.41, 5.74) is 1.41. The van der Waals surface area contributed by atoms with Crippen LogP contribution < -0.4 is 5.32 Å². The van der Waals surface area contributed by atoms with Gasteiger partial charge < -0.3 is 9.84 Å². The van der Waals surface area contributed by atoms with Crippen LogP contribution in [0.25, 0.3) is 11.1 Å². The summed E-state index contributed by atoms with van der Waals surface area (Å²) in [7, 11) is 0. The van der Waals surface area contributed by atoms with Crippen molar-refractivity contribution < 1.29 is 13.7 Å². The van der Waals surface area contributed by atoms with Gasteiger partial charge in [-0.15, -0.1) is 0 Å². The number of aromatic nitrogens is 3. The molecular formula is C20H19FN4O2. The summed E-state index contributed by atoms with van der Waals surface area (Å²) in [6, 6.07) is 9.25. The molecule has 6 nitrogen and oxygen atoms in total. The van der Waals surface area contributed by atoms with Gasteiger partial charge in [-0.2, -0.15) is 4.98 Å². The van der Waals surface area contributed by atoms with Crippen molar-refractivity contribution in [2.24, 2.45) is 5.92 Å². The van der Waals surface area contributed by atoms with Gasteiger partial charge in [0.15, 0.2) is 5.82 Å². The van der Waals surface area contributed by atoms with E-state index in [1.807, 2.05) is 0 Å². The van der Waals surface area contributed by atoms with Gasteiger partial charge in [0.2, 0.25) is 5.89 Å². The average molecular weight is 366 g/mol. The van der Waals surface area contributed by atoms with Gasteiger partial charge in [-0.05, 0) is 36.1 Å². The summed E-state index contributed by atoms with van der Waals surface area (Å²) in [6.07, 6.45) is 4.58. The van der Waals surface area contributed by atoms with Crippen LogP contribution in [0.4, 0.5) is 4.39 Å². The van der Waals surface area contributed by atoms with Crippen molar-refractivity contribution in [3.63, 3.8) is 0 Å². The third-order valence-electron chi connectivity index (χ3n) is 4.58. The molecule has 1 aliphatic rings. The maximum absolute atomic E-state index is 13.6. The summed E-state index contributed by atoms with van der Waals surface area (Å²) in [6.45, 7) is 1.72. The molecule has 2 aromatic heterocycles. The minimum Gasteiger partial charge on any atom is -0.341 e. The average Bonchev–Trinajstić information content (AvgIpc) is 3.38. The van der Waals surface area contributed by atoms with E-state index >= 15 is 0 Å². The van der Waals surface area contributed by atoms with Crippen LogP contribution in [0.15, 0.2) is 47.1 Å². The largest absolute Gasteiger partial charge is 0.341 e. The highest BCUT2D eigenvalue weighted by Gasteiger charge is 2.30. The minimum atomic E-state index is -0.364. The fourth-order valence-corrected chi connectivity index (χ4v) is 3.07. The standard InChI is InChI=1S/C20H19FN4O2/c1-12-23-19(25-27-12)17(10-13-7-8-13)24-20(26)18-16(6-3-9-22-18)14-4-2-5-15(21)11-14/h2-6,9,11,13,17H,7-8,10H2,1H3,(H,24,26)/t17-/m0/s1. The molecule has 1 fully saturated rings. The van der Waals surface area contributed by atoms with Crippen molar-refractivity contribution in [2.75, 3.05) is 0 Å². The van der Waals surface area contributed by atoms with E-state index < -0.39 is 0 Å². The Labute approximate surface area is 155 Å². The number of nitrogens with zero attached hydrogens (tertiary/aromatic N) is 3. The molecule has 138 valence electrons. The van der Waals surface area contributed by atoms with Crippen molar-refractivity contribution in [1.29, 1.82) is 0 Å². The quantitative estimate of drug-likeness (QED) is 0.717. The van der Waals surface area contributed by atoms with Crippen LogP contribution in [0, 0.1) is 18.7 Å². The van der Waals surface area contributed by atoms with E-state index in [9.17, 15) is 9.18 Å².